The maximum atomic E-state index is 11.4. The zero-order chi connectivity index (χ0) is 8.72. The van der Waals surface area contributed by atoms with Crippen molar-refractivity contribution in [1.29, 1.82) is 0 Å². The third-order valence-electron chi connectivity index (χ3n) is 1.93. The van der Waals surface area contributed by atoms with Crippen LogP contribution >= 0.6 is 38.5 Å². The van der Waals surface area contributed by atoms with Crippen molar-refractivity contribution in [3.05, 3.63) is 30.7 Å². The average molecular weight is 340 g/mol. The van der Waals surface area contributed by atoms with Gasteiger partial charge in [0.15, 0.2) is 0 Å². The molecule has 2 nitrogen and oxygen atoms in total. The number of aromatic nitrogens is 1. The molecular weight excluding hydrogens is 333 g/mol. The fourth-order valence-electron chi connectivity index (χ4n) is 1.14. The zero-order valence-corrected chi connectivity index (χ0v) is 10.0. The molecule has 1 saturated carbocycles. The van der Waals surface area contributed by atoms with Crippen molar-refractivity contribution in [1.82, 2.24) is 4.57 Å². The Hall–Kier alpha value is 0.160. The molecule has 0 radical (unpaired) electrons. The summed E-state index contributed by atoms with van der Waals surface area (Å²) < 4.78 is 3.82. The molecule has 0 bridgehead atoms. The minimum absolute atomic E-state index is 0.102. The highest BCUT2D eigenvalue weighted by atomic mass is 127. The van der Waals surface area contributed by atoms with Gasteiger partial charge in [-0.05, 0) is 51.4 Å². The second-order valence-electron chi connectivity index (χ2n) is 2.95. The van der Waals surface area contributed by atoms with Crippen LogP contribution in [-0.2, 0) is 0 Å². The van der Waals surface area contributed by atoms with Gasteiger partial charge in [0.05, 0.1) is 0 Å². The molecule has 0 N–H and O–H groups in total. The lowest BCUT2D eigenvalue weighted by Gasteiger charge is -2.03. The number of rotatable bonds is 1. The first-order valence-corrected chi connectivity index (χ1v) is 5.63. The molecule has 0 aromatic carbocycles. The van der Waals surface area contributed by atoms with Crippen molar-refractivity contribution < 1.29 is 0 Å². The molecule has 0 saturated heterocycles. The lowest BCUT2D eigenvalue weighted by molar-refractivity contribution is 0.703. The Labute approximate surface area is 92.2 Å². The molecule has 0 spiro atoms. The second kappa shape index (κ2) is 3.14. The van der Waals surface area contributed by atoms with Crippen LogP contribution in [-0.4, -0.2) is 4.57 Å². The molecule has 4 heteroatoms. The summed E-state index contributed by atoms with van der Waals surface area (Å²) >= 11 is 5.55. The Kier molecular flexibility index (Phi) is 2.29. The number of hydrogen-bond donors (Lipinski definition) is 0. The van der Waals surface area contributed by atoms with Crippen molar-refractivity contribution in [2.75, 3.05) is 0 Å². The number of hydrogen-bond acceptors (Lipinski definition) is 1. The zero-order valence-electron chi connectivity index (χ0n) is 6.26. The largest absolute Gasteiger partial charge is 0.311 e. The first-order valence-electron chi connectivity index (χ1n) is 3.75. The van der Waals surface area contributed by atoms with E-state index in [0.717, 1.165) is 20.9 Å². The van der Waals surface area contributed by atoms with Gasteiger partial charge in [0.1, 0.15) is 0 Å². The number of pyridine rings is 1. The van der Waals surface area contributed by atoms with Gasteiger partial charge in [-0.25, -0.2) is 0 Å². The van der Waals surface area contributed by atoms with Crippen molar-refractivity contribution in [2.45, 2.75) is 18.9 Å². The van der Waals surface area contributed by atoms with E-state index >= 15 is 0 Å². The maximum Gasteiger partial charge on any atom is 0.251 e. The highest BCUT2D eigenvalue weighted by Crippen LogP contribution is 2.34. The molecule has 0 atom stereocenters. The van der Waals surface area contributed by atoms with E-state index in [1.807, 2.05) is 10.8 Å². The summed E-state index contributed by atoms with van der Waals surface area (Å²) in [5.41, 5.74) is 0.102. The van der Waals surface area contributed by atoms with E-state index in [-0.39, 0.29) is 5.56 Å². The predicted molar refractivity (Wildman–Crippen MR) is 59.4 cm³/mol. The molecule has 1 aliphatic rings. The minimum atomic E-state index is 0.102. The van der Waals surface area contributed by atoms with Crippen LogP contribution in [0.3, 0.4) is 0 Å². The van der Waals surface area contributed by atoms with Crippen LogP contribution in [0, 0.1) is 3.57 Å². The van der Waals surface area contributed by atoms with Gasteiger partial charge in [-0.15, -0.1) is 0 Å². The highest BCUT2D eigenvalue weighted by Gasteiger charge is 2.24. The fraction of sp³-hybridized carbons (Fsp3) is 0.375. The van der Waals surface area contributed by atoms with Gasteiger partial charge in [0.25, 0.3) is 5.56 Å². The molecule has 1 aromatic heterocycles. The summed E-state index contributed by atoms with van der Waals surface area (Å²) in [5, 5.41) is 0. The quantitative estimate of drug-likeness (QED) is 0.721. The third kappa shape index (κ3) is 1.59. The molecular formula is C8H7BrINO. The molecule has 1 fully saturated rings. The fourth-order valence-corrected chi connectivity index (χ4v) is 1.89. The first-order chi connectivity index (χ1) is 5.68. The topological polar surface area (TPSA) is 22.0 Å². The van der Waals surface area contributed by atoms with E-state index in [1.54, 1.807) is 6.07 Å². The predicted octanol–water partition coefficient (Wildman–Crippen LogP) is 2.55. The summed E-state index contributed by atoms with van der Waals surface area (Å²) in [6.45, 7) is 0. The highest BCUT2D eigenvalue weighted by molar-refractivity contribution is 14.1. The average Bonchev–Trinajstić information content (AvgIpc) is 2.79. The monoisotopic (exact) mass is 339 g/mol. The Morgan fingerprint density at radius 3 is 2.83 bits per heavy atom. The molecule has 1 aliphatic carbocycles. The van der Waals surface area contributed by atoms with Crippen LogP contribution in [0.1, 0.15) is 18.9 Å². The van der Waals surface area contributed by atoms with Crippen molar-refractivity contribution in [2.24, 2.45) is 0 Å². The van der Waals surface area contributed by atoms with Crippen LogP contribution in [0.25, 0.3) is 0 Å². The van der Waals surface area contributed by atoms with E-state index in [0.29, 0.717) is 6.04 Å². The first kappa shape index (κ1) is 8.74. The number of nitrogens with zero attached hydrogens (tertiary/aromatic N) is 1. The molecule has 0 amide bonds. The Bertz CT molecular complexity index is 370. The minimum Gasteiger partial charge on any atom is -0.311 e. The molecule has 2 rings (SSSR count). The summed E-state index contributed by atoms with van der Waals surface area (Å²) in [7, 11) is 0. The lowest BCUT2D eigenvalue weighted by atomic mass is 10.4. The Morgan fingerprint density at radius 1 is 1.58 bits per heavy atom. The molecule has 1 aromatic rings. The third-order valence-corrected chi connectivity index (χ3v) is 4.18. The van der Waals surface area contributed by atoms with Crippen LogP contribution in [0.5, 0.6) is 0 Å². The molecule has 0 unspecified atom stereocenters. The summed E-state index contributed by atoms with van der Waals surface area (Å²) in [5.74, 6) is 0. The maximum absolute atomic E-state index is 11.4. The summed E-state index contributed by atoms with van der Waals surface area (Å²) in [6, 6.07) is 2.11. The van der Waals surface area contributed by atoms with Gasteiger partial charge in [-0.1, -0.05) is 0 Å². The van der Waals surface area contributed by atoms with Gasteiger partial charge < -0.3 is 4.57 Å². The SMILES string of the molecule is O=c1cc(Br)c(I)cn1C1CC1. The standard InChI is InChI=1S/C8H7BrINO/c9-6-3-8(12)11(4-7(6)10)5-1-2-5/h3-5H,1-2H2. The van der Waals surface area contributed by atoms with Crippen LogP contribution in [0.2, 0.25) is 0 Å². The van der Waals surface area contributed by atoms with Crippen molar-refractivity contribution in [3.8, 4) is 0 Å². The molecule has 1 heterocycles. The van der Waals surface area contributed by atoms with Gasteiger partial charge >= 0.3 is 0 Å². The van der Waals surface area contributed by atoms with E-state index < -0.39 is 0 Å². The van der Waals surface area contributed by atoms with Gasteiger partial charge in [-0.2, -0.15) is 0 Å². The van der Waals surface area contributed by atoms with Crippen molar-refractivity contribution in [3.63, 3.8) is 0 Å². The summed E-state index contributed by atoms with van der Waals surface area (Å²) in [4.78, 5) is 11.4. The van der Waals surface area contributed by atoms with E-state index in [1.165, 1.54) is 0 Å². The van der Waals surface area contributed by atoms with E-state index in [4.69, 9.17) is 0 Å². The van der Waals surface area contributed by atoms with E-state index in [2.05, 4.69) is 38.5 Å². The van der Waals surface area contributed by atoms with Gasteiger partial charge in [0.2, 0.25) is 0 Å². The van der Waals surface area contributed by atoms with Crippen molar-refractivity contribution >= 4 is 38.5 Å². The normalized spacial score (nSPS) is 16.5. The van der Waals surface area contributed by atoms with E-state index in [9.17, 15) is 4.79 Å². The second-order valence-corrected chi connectivity index (χ2v) is 4.96. The molecule has 64 valence electrons. The summed E-state index contributed by atoms with van der Waals surface area (Å²) in [6.07, 6.45) is 4.22. The van der Waals surface area contributed by atoms with Crippen LogP contribution in [0.4, 0.5) is 0 Å². The van der Waals surface area contributed by atoms with Gasteiger partial charge in [-0.3, -0.25) is 4.79 Å². The molecule has 0 aliphatic heterocycles. The Balaban J connectivity index is 2.55. The lowest BCUT2D eigenvalue weighted by Crippen LogP contribution is -2.17. The van der Waals surface area contributed by atoms with Gasteiger partial charge in [0, 0.05) is 26.3 Å². The van der Waals surface area contributed by atoms with Crippen LogP contribution < -0.4 is 5.56 Å². The number of halogens is 2. The molecule has 12 heavy (non-hydrogen) atoms. The Morgan fingerprint density at radius 2 is 2.25 bits per heavy atom. The van der Waals surface area contributed by atoms with Crippen LogP contribution in [0.15, 0.2) is 21.5 Å². The smallest absolute Gasteiger partial charge is 0.251 e.